The van der Waals surface area contributed by atoms with Gasteiger partial charge in [-0.2, -0.15) is 0 Å². The van der Waals surface area contributed by atoms with Gasteiger partial charge in [0.2, 0.25) is 0 Å². The normalized spacial score (nSPS) is 10.7. The van der Waals surface area contributed by atoms with Crippen molar-refractivity contribution in [3.8, 4) is 0 Å². The molecule has 0 spiro atoms. The standard InChI is InChI=1S/C14H17NO4/c1-10(2)9-19-14(18)15-12-5-3-4-11(8-12)6-7-13(16)17/h3-8,10H,9H2,1-2H3,(H,15,18)(H,16,17)/b7-6+. The van der Waals surface area contributed by atoms with Gasteiger partial charge in [0.05, 0.1) is 6.61 Å². The van der Waals surface area contributed by atoms with Crippen LogP contribution in [0.5, 0.6) is 0 Å². The molecular weight excluding hydrogens is 246 g/mol. The van der Waals surface area contributed by atoms with E-state index in [9.17, 15) is 9.59 Å². The quantitative estimate of drug-likeness (QED) is 0.801. The van der Waals surface area contributed by atoms with Crippen molar-refractivity contribution in [2.45, 2.75) is 13.8 Å². The zero-order chi connectivity index (χ0) is 14.3. The van der Waals surface area contributed by atoms with Gasteiger partial charge in [-0.1, -0.05) is 26.0 Å². The van der Waals surface area contributed by atoms with E-state index in [1.54, 1.807) is 24.3 Å². The van der Waals surface area contributed by atoms with Crippen molar-refractivity contribution in [3.63, 3.8) is 0 Å². The molecule has 0 bridgehead atoms. The molecule has 0 atom stereocenters. The van der Waals surface area contributed by atoms with Crippen LogP contribution in [-0.2, 0) is 9.53 Å². The summed E-state index contributed by atoms with van der Waals surface area (Å²) in [6.07, 6.45) is 1.97. The number of nitrogens with one attached hydrogen (secondary N) is 1. The third kappa shape index (κ3) is 6.26. The van der Waals surface area contributed by atoms with Gasteiger partial charge in [0.15, 0.2) is 0 Å². The number of carboxylic acids is 1. The highest BCUT2D eigenvalue weighted by atomic mass is 16.5. The zero-order valence-electron chi connectivity index (χ0n) is 10.9. The molecule has 5 heteroatoms. The summed E-state index contributed by atoms with van der Waals surface area (Å²) in [5, 5.41) is 11.1. The second-order valence-corrected chi connectivity index (χ2v) is 4.41. The third-order valence-corrected chi connectivity index (χ3v) is 2.10. The molecule has 102 valence electrons. The Balaban J connectivity index is 2.61. The first-order valence-electron chi connectivity index (χ1n) is 5.92. The predicted octanol–water partition coefficient (Wildman–Crippen LogP) is 2.99. The number of carbonyl (C=O) groups is 2. The summed E-state index contributed by atoms with van der Waals surface area (Å²) in [6, 6.07) is 6.83. The van der Waals surface area contributed by atoms with Crippen LogP contribution in [0.15, 0.2) is 30.3 Å². The molecule has 1 amide bonds. The molecule has 0 aromatic heterocycles. The van der Waals surface area contributed by atoms with E-state index in [4.69, 9.17) is 9.84 Å². The van der Waals surface area contributed by atoms with Crippen molar-refractivity contribution in [1.82, 2.24) is 0 Å². The number of amides is 1. The van der Waals surface area contributed by atoms with Gasteiger partial charge in [0.1, 0.15) is 0 Å². The van der Waals surface area contributed by atoms with Gasteiger partial charge >= 0.3 is 12.1 Å². The highest BCUT2D eigenvalue weighted by molar-refractivity contribution is 5.87. The molecule has 1 aromatic carbocycles. The first kappa shape index (κ1) is 14.8. The van der Waals surface area contributed by atoms with E-state index in [2.05, 4.69) is 5.32 Å². The highest BCUT2D eigenvalue weighted by Crippen LogP contribution is 2.12. The van der Waals surface area contributed by atoms with E-state index in [0.717, 1.165) is 6.08 Å². The Morgan fingerprint density at radius 2 is 2.16 bits per heavy atom. The zero-order valence-corrected chi connectivity index (χ0v) is 10.9. The summed E-state index contributed by atoms with van der Waals surface area (Å²) in [5.41, 5.74) is 1.24. The van der Waals surface area contributed by atoms with Crippen LogP contribution in [0.1, 0.15) is 19.4 Å². The molecule has 0 saturated heterocycles. The molecule has 0 unspecified atom stereocenters. The smallest absolute Gasteiger partial charge is 0.411 e. The fourth-order valence-corrected chi connectivity index (χ4v) is 1.28. The Morgan fingerprint density at radius 3 is 2.79 bits per heavy atom. The number of ether oxygens (including phenoxy) is 1. The Kier molecular flexibility index (Phi) is 5.60. The number of hydrogen-bond acceptors (Lipinski definition) is 3. The van der Waals surface area contributed by atoms with Crippen LogP contribution in [0.2, 0.25) is 0 Å². The molecule has 0 aliphatic carbocycles. The van der Waals surface area contributed by atoms with Gasteiger partial charge < -0.3 is 9.84 Å². The molecule has 0 aliphatic heterocycles. The lowest BCUT2D eigenvalue weighted by atomic mass is 10.2. The molecule has 1 rings (SSSR count). The van der Waals surface area contributed by atoms with Crippen molar-refractivity contribution < 1.29 is 19.4 Å². The highest BCUT2D eigenvalue weighted by Gasteiger charge is 2.04. The molecule has 0 saturated carbocycles. The average Bonchev–Trinajstić information content (AvgIpc) is 2.34. The van der Waals surface area contributed by atoms with Gasteiger partial charge in [-0.15, -0.1) is 0 Å². The maximum absolute atomic E-state index is 11.4. The van der Waals surface area contributed by atoms with E-state index in [-0.39, 0.29) is 5.92 Å². The number of carboxylic acid groups (broad SMARTS) is 1. The second-order valence-electron chi connectivity index (χ2n) is 4.41. The molecule has 5 nitrogen and oxygen atoms in total. The van der Waals surface area contributed by atoms with E-state index < -0.39 is 12.1 Å². The van der Waals surface area contributed by atoms with E-state index in [0.29, 0.717) is 17.9 Å². The van der Waals surface area contributed by atoms with Crippen molar-refractivity contribution in [1.29, 1.82) is 0 Å². The minimum Gasteiger partial charge on any atom is -0.478 e. The molecule has 0 heterocycles. The van der Waals surface area contributed by atoms with Crippen LogP contribution in [0.4, 0.5) is 10.5 Å². The first-order chi connectivity index (χ1) is 8.97. The summed E-state index contributed by atoms with van der Waals surface area (Å²) in [6.45, 7) is 4.25. The van der Waals surface area contributed by atoms with Gasteiger partial charge in [-0.25, -0.2) is 9.59 Å². The lowest BCUT2D eigenvalue weighted by Gasteiger charge is -2.09. The molecule has 19 heavy (non-hydrogen) atoms. The minimum atomic E-state index is -1.02. The summed E-state index contributed by atoms with van der Waals surface area (Å²) in [7, 11) is 0. The predicted molar refractivity (Wildman–Crippen MR) is 72.9 cm³/mol. The average molecular weight is 263 g/mol. The Morgan fingerprint density at radius 1 is 1.42 bits per heavy atom. The summed E-state index contributed by atoms with van der Waals surface area (Å²) in [5.74, 6) is -0.745. The van der Waals surface area contributed by atoms with E-state index in [1.165, 1.54) is 6.08 Å². The Bertz CT molecular complexity index is 480. The molecule has 1 aromatic rings. The maximum atomic E-state index is 11.4. The molecule has 2 N–H and O–H groups in total. The molecule has 0 fully saturated rings. The maximum Gasteiger partial charge on any atom is 0.411 e. The Labute approximate surface area is 111 Å². The number of benzene rings is 1. The van der Waals surface area contributed by atoms with Crippen LogP contribution in [0.3, 0.4) is 0 Å². The number of anilines is 1. The molecule has 0 radical (unpaired) electrons. The van der Waals surface area contributed by atoms with Gasteiger partial charge in [-0.05, 0) is 29.7 Å². The number of carbonyl (C=O) groups excluding carboxylic acids is 1. The Hall–Kier alpha value is -2.30. The number of rotatable bonds is 5. The fraction of sp³-hybridized carbons (Fsp3) is 0.286. The first-order valence-corrected chi connectivity index (χ1v) is 5.92. The second kappa shape index (κ2) is 7.20. The van der Waals surface area contributed by atoms with Gasteiger partial charge in [0, 0.05) is 11.8 Å². The van der Waals surface area contributed by atoms with E-state index >= 15 is 0 Å². The van der Waals surface area contributed by atoms with Crippen molar-refractivity contribution in [2.75, 3.05) is 11.9 Å². The van der Waals surface area contributed by atoms with Crippen LogP contribution >= 0.6 is 0 Å². The van der Waals surface area contributed by atoms with Crippen LogP contribution in [0.25, 0.3) is 6.08 Å². The lowest BCUT2D eigenvalue weighted by Crippen LogP contribution is -2.16. The molecular formula is C14H17NO4. The third-order valence-electron chi connectivity index (χ3n) is 2.10. The van der Waals surface area contributed by atoms with Crippen LogP contribution in [0, 0.1) is 5.92 Å². The summed E-state index contributed by atoms with van der Waals surface area (Å²) < 4.78 is 4.98. The van der Waals surface area contributed by atoms with Crippen molar-refractivity contribution >= 4 is 23.8 Å². The number of aliphatic carboxylic acids is 1. The van der Waals surface area contributed by atoms with Gasteiger partial charge in [-0.3, -0.25) is 5.32 Å². The largest absolute Gasteiger partial charge is 0.478 e. The van der Waals surface area contributed by atoms with Crippen LogP contribution in [-0.4, -0.2) is 23.8 Å². The van der Waals surface area contributed by atoms with E-state index in [1.807, 2.05) is 13.8 Å². The lowest BCUT2D eigenvalue weighted by molar-refractivity contribution is -0.131. The SMILES string of the molecule is CC(C)COC(=O)Nc1cccc(/C=C/C(=O)O)c1. The summed E-state index contributed by atoms with van der Waals surface area (Å²) >= 11 is 0. The van der Waals surface area contributed by atoms with Crippen molar-refractivity contribution in [3.05, 3.63) is 35.9 Å². The monoisotopic (exact) mass is 263 g/mol. The number of hydrogen-bond donors (Lipinski definition) is 2. The summed E-state index contributed by atoms with van der Waals surface area (Å²) in [4.78, 5) is 21.9. The van der Waals surface area contributed by atoms with Crippen LogP contribution < -0.4 is 5.32 Å². The minimum absolute atomic E-state index is 0.274. The molecule has 0 aliphatic rings. The fourth-order valence-electron chi connectivity index (χ4n) is 1.28. The van der Waals surface area contributed by atoms with Crippen molar-refractivity contribution in [2.24, 2.45) is 5.92 Å². The topological polar surface area (TPSA) is 75.6 Å². The van der Waals surface area contributed by atoms with Gasteiger partial charge in [0.25, 0.3) is 0 Å².